The molecular formula is C45H27N3. The predicted molar refractivity (Wildman–Crippen MR) is 197 cm³/mol. The van der Waals surface area contributed by atoms with E-state index in [2.05, 4.69) is 156 Å². The summed E-state index contributed by atoms with van der Waals surface area (Å²) in [4.78, 5) is 10.5. The number of hydrogen-bond acceptors (Lipinski definition) is 2. The molecule has 0 saturated heterocycles. The third kappa shape index (κ3) is 3.18. The first-order chi connectivity index (χ1) is 23.8. The van der Waals surface area contributed by atoms with E-state index in [0.717, 1.165) is 33.1 Å². The molecule has 0 spiro atoms. The van der Waals surface area contributed by atoms with Crippen LogP contribution in [0.25, 0.3) is 71.6 Å². The fourth-order valence-electron chi connectivity index (χ4n) is 8.69. The van der Waals surface area contributed by atoms with Crippen LogP contribution in [0.1, 0.15) is 22.3 Å². The number of para-hydroxylation sites is 3. The maximum atomic E-state index is 5.29. The highest BCUT2D eigenvalue weighted by Crippen LogP contribution is 2.57. The number of hydrogen-bond donors (Lipinski definition) is 0. The van der Waals surface area contributed by atoms with Gasteiger partial charge in [0.25, 0.3) is 0 Å². The Balaban J connectivity index is 1.25. The standard InChI is InChI=1S/C45H27N3/c1-3-13-29(14-4-1)45(30-15-5-2-6-16-30)36-19-9-7-17-32(36)35-27-28(23-26-37(35)45)31-24-25-34-33-18-8-12-22-40(33)48-43(34)41(31)42-44(48)47-39-21-11-10-20-38(39)46-42/h1-27H. The van der Waals surface area contributed by atoms with Crippen LogP contribution in [0.3, 0.4) is 0 Å². The van der Waals surface area contributed by atoms with Gasteiger partial charge in [-0.05, 0) is 68.8 Å². The smallest absolute Gasteiger partial charge is 0.165 e. The van der Waals surface area contributed by atoms with E-state index in [1.165, 1.54) is 60.8 Å². The predicted octanol–water partition coefficient (Wildman–Crippen LogP) is 10.8. The van der Waals surface area contributed by atoms with Gasteiger partial charge in [-0.15, -0.1) is 0 Å². The first-order valence-corrected chi connectivity index (χ1v) is 16.5. The number of fused-ring (bicyclic) bond motifs is 10. The second-order valence-electron chi connectivity index (χ2n) is 12.9. The van der Waals surface area contributed by atoms with Crippen molar-refractivity contribution in [2.75, 3.05) is 0 Å². The van der Waals surface area contributed by atoms with Gasteiger partial charge in [-0.2, -0.15) is 0 Å². The number of rotatable bonds is 3. The van der Waals surface area contributed by atoms with E-state index in [1.807, 2.05) is 12.1 Å². The molecule has 0 atom stereocenters. The molecule has 0 aliphatic heterocycles. The molecule has 0 radical (unpaired) electrons. The van der Waals surface area contributed by atoms with Crippen LogP contribution in [0.2, 0.25) is 0 Å². The van der Waals surface area contributed by atoms with Gasteiger partial charge in [0.15, 0.2) is 5.65 Å². The molecule has 3 nitrogen and oxygen atoms in total. The third-order valence-corrected chi connectivity index (χ3v) is 10.6. The summed E-state index contributed by atoms with van der Waals surface area (Å²) >= 11 is 0. The van der Waals surface area contributed by atoms with Gasteiger partial charge >= 0.3 is 0 Å². The monoisotopic (exact) mass is 609 g/mol. The van der Waals surface area contributed by atoms with Gasteiger partial charge in [0.1, 0.15) is 5.52 Å². The molecule has 11 rings (SSSR count). The van der Waals surface area contributed by atoms with E-state index in [4.69, 9.17) is 9.97 Å². The first-order valence-electron chi connectivity index (χ1n) is 16.5. The molecule has 0 saturated carbocycles. The number of aromatic nitrogens is 3. The highest BCUT2D eigenvalue weighted by atomic mass is 15.0. The van der Waals surface area contributed by atoms with Crippen LogP contribution >= 0.6 is 0 Å². The second kappa shape index (κ2) is 9.37. The average molecular weight is 610 g/mol. The Labute approximate surface area is 276 Å². The van der Waals surface area contributed by atoms with Crippen molar-refractivity contribution in [2.24, 2.45) is 0 Å². The average Bonchev–Trinajstić information content (AvgIpc) is 3.78. The molecule has 3 heterocycles. The molecule has 7 aromatic carbocycles. The van der Waals surface area contributed by atoms with Crippen molar-refractivity contribution < 1.29 is 0 Å². The maximum absolute atomic E-state index is 5.29. The van der Waals surface area contributed by atoms with Gasteiger partial charge < -0.3 is 0 Å². The van der Waals surface area contributed by atoms with Gasteiger partial charge in [0, 0.05) is 16.2 Å². The van der Waals surface area contributed by atoms with Crippen LogP contribution in [0.5, 0.6) is 0 Å². The normalized spacial score (nSPS) is 13.6. The molecule has 0 N–H and O–H groups in total. The van der Waals surface area contributed by atoms with E-state index in [9.17, 15) is 0 Å². The van der Waals surface area contributed by atoms with Crippen LogP contribution in [0, 0.1) is 0 Å². The van der Waals surface area contributed by atoms with Crippen molar-refractivity contribution in [1.29, 1.82) is 0 Å². The van der Waals surface area contributed by atoms with Gasteiger partial charge in [-0.25, -0.2) is 9.97 Å². The van der Waals surface area contributed by atoms with E-state index >= 15 is 0 Å². The minimum Gasteiger partial charge on any atom is -0.291 e. The first kappa shape index (κ1) is 25.8. The molecule has 0 bridgehead atoms. The largest absolute Gasteiger partial charge is 0.291 e. The van der Waals surface area contributed by atoms with E-state index in [1.54, 1.807) is 0 Å². The molecule has 1 aliphatic rings. The van der Waals surface area contributed by atoms with Gasteiger partial charge in [-0.3, -0.25) is 4.40 Å². The summed E-state index contributed by atoms with van der Waals surface area (Å²) in [5.74, 6) is 0. The zero-order chi connectivity index (χ0) is 31.4. The lowest BCUT2D eigenvalue weighted by atomic mass is 9.67. The number of nitrogens with zero attached hydrogens (tertiary/aromatic N) is 3. The molecule has 3 heteroatoms. The van der Waals surface area contributed by atoms with E-state index in [0.29, 0.717) is 0 Å². The zero-order valence-corrected chi connectivity index (χ0v) is 25.9. The highest BCUT2D eigenvalue weighted by molar-refractivity contribution is 6.26. The Bertz CT molecular complexity index is 2850. The van der Waals surface area contributed by atoms with Gasteiger partial charge in [0.2, 0.25) is 0 Å². The minimum atomic E-state index is -0.420. The maximum Gasteiger partial charge on any atom is 0.165 e. The van der Waals surface area contributed by atoms with Gasteiger partial charge in [-0.1, -0.05) is 140 Å². The summed E-state index contributed by atoms with van der Waals surface area (Å²) in [6.45, 7) is 0. The van der Waals surface area contributed by atoms with Crippen LogP contribution in [-0.2, 0) is 5.41 Å². The lowest BCUT2D eigenvalue weighted by molar-refractivity contribution is 0.768. The third-order valence-electron chi connectivity index (χ3n) is 10.6. The molecule has 0 amide bonds. The summed E-state index contributed by atoms with van der Waals surface area (Å²) in [5.41, 5.74) is 15.7. The summed E-state index contributed by atoms with van der Waals surface area (Å²) < 4.78 is 2.33. The van der Waals surface area contributed by atoms with Crippen LogP contribution in [0.4, 0.5) is 0 Å². The zero-order valence-electron chi connectivity index (χ0n) is 25.9. The SMILES string of the molecule is c1ccc(C2(c3ccccc3)c3ccccc3-c3cc(-c4ccc5c6ccccc6n6c7nc8ccccc8nc7c4c56)ccc32)cc1. The van der Waals surface area contributed by atoms with Crippen molar-refractivity contribution in [1.82, 2.24) is 14.4 Å². The minimum absolute atomic E-state index is 0.420. The fourth-order valence-corrected chi connectivity index (χ4v) is 8.69. The van der Waals surface area contributed by atoms with Crippen LogP contribution < -0.4 is 0 Å². The van der Waals surface area contributed by atoms with Crippen LogP contribution in [-0.4, -0.2) is 14.4 Å². The second-order valence-corrected chi connectivity index (χ2v) is 12.9. The number of benzene rings is 7. The van der Waals surface area contributed by atoms with E-state index in [-0.39, 0.29) is 0 Å². The Hall–Kier alpha value is -6.32. The molecule has 3 aromatic heterocycles. The molecular weight excluding hydrogens is 583 g/mol. The van der Waals surface area contributed by atoms with Crippen molar-refractivity contribution in [3.05, 3.63) is 186 Å². The molecule has 1 aliphatic carbocycles. The van der Waals surface area contributed by atoms with Crippen molar-refractivity contribution in [3.63, 3.8) is 0 Å². The summed E-state index contributed by atoms with van der Waals surface area (Å²) in [7, 11) is 0. The molecule has 222 valence electrons. The highest BCUT2D eigenvalue weighted by Gasteiger charge is 2.46. The molecule has 0 unspecified atom stereocenters. The lowest BCUT2D eigenvalue weighted by Gasteiger charge is -2.33. The Kier molecular flexibility index (Phi) is 5.04. The Morgan fingerprint density at radius 1 is 0.458 bits per heavy atom. The molecule has 48 heavy (non-hydrogen) atoms. The topological polar surface area (TPSA) is 30.2 Å². The molecule has 0 fully saturated rings. The molecule has 10 aromatic rings. The summed E-state index contributed by atoms with van der Waals surface area (Å²) in [6.07, 6.45) is 0. The van der Waals surface area contributed by atoms with Gasteiger partial charge in [0.05, 0.1) is 27.5 Å². The van der Waals surface area contributed by atoms with Crippen LogP contribution in [0.15, 0.2) is 164 Å². The van der Waals surface area contributed by atoms with Crippen molar-refractivity contribution in [3.8, 4) is 22.3 Å². The quantitative estimate of drug-likeness (QED) is 0.199. The van der Waals surface area contributed by atoms with E-state index < -0.39 is 5.41 Å². The lowest BCUT2D eigenvalue weighted by Crippen LogP contribution is -2.28. The fraction of sp³-hybridized carbons (Fsp3) is 0.0222. The summed E-state index contributed by atoms with van der Waals surface area (Å²) in [5, 5.41) is 3.62. The Morgan fingerprint density at radius 2 is 1.10 bits per heavy atom. The van der Waals surface area contributed by atoms with Crippen molar-refractivity contribution in [2.45, 2.75) is 5.41 Å². The Morgan fingerprint density at radius 3 is 1.90 bits per heavy atom. The summed E-state index contributed by atoms with van der Waals surface area (Å²) in [6, 6.07) is 59.5. The van der Waals surface area contributed by atoms with Crippen molar-refractivity contribution >= 4 is 49.4 Å².